The summed E-state index contributed by atoms with van der Waals surface area (Å²) in [6.45, 7) is 4.59. The first kappa shape index (κ1) is 71.9. The SMILES string of the molecule is CC/C=C\C/C=C\C/C=C\C/C=C\C/C=C\C/C=C\C/C=C\C/C=C\C/C=C\C/C=C\CCCCCCCCC(=O)NC(COP(=O)([O-])OCC[N+](C)(C)C)C(O)CCCCCCCCCCCCCCCCCC. The molecule has 0 radical (unpaired) electrons. The molecule has 0 rings (SSSR count). The molecular formula is C66H115N2O6P. The Morgan fingerprint density at radius 1 is 0.480 bits per heavy atom. The average Bonchev–Trinajstić information content (AvgIpc) is 3.37. The summed E-state index contributed by atoms with van der Waals surface area (Å²) in [5, 5.41) is 14.0. The summed E-state index contributed by atoms with van der Waals surface area (Å²) < 4.78 is 23.4. The lowest BCUT2D eigenvalue weighted by atomic mass is 10.0. The maximum absolute atomic E-state index is 13.0. The molecule has 0 aromatic heterocycles. The van der Waals surface area contributed by atoms with E-state index in [1.54, 1.807) is 0 Å². The highest BCUT2D eigenvalue weighted by Gasteiger charge is 2.24. The molecule has 0 aliphatic heterocycles. The molecule has 430 valence electrons. The van der Waals surface area contributed by atoms with Gasteiger partial charge in [0.1, 0.15) is 13.2 Å². The summed E-state index contributed by atoms with van der Waals surface area (Å²) in [6.07, 6.45) is 82.3. The zero-order valence-electron chi connectivity index (χ0n) is 49.0. The molecule has 0 aromatic carbocycles. The molecule has 0 heterocycles. The summed E-state index contributed by atoms with van der Waals surface area (Å²) in [6, 6.07) is -0.817. The lowest BCUT2D eigenvalue weighted by Crippen LogP contribution is -2.46. The molecule has 0 bridgehead atoms. The Hall–Kier alpha value is -3.10. The molecule has 75 heavy (non-hydrogen) atoms. The molecule has 0 saturated carbocycles. The Bertz CT molecular complexity index is 1630. The zero-order valence-corrected chi connectivity index (χ0v) is 49.8. The molecule has 9 heteroatoms. The highest BCUT2D eigenvalue weighted by molar-refractivity contribution is 7.45. The number of hydrogen-bond acceptors (Lipinski definition) is 6. The second-order valence-corrected chi connectivity index (χ2v) is 22.7. The van der Waals surface area contributed by atoms with Gasteiger partial charge in [0, 0.05) is 6.42 Å². The summed E-state index contributed by atoms with van der Waals surface area (Å²) in [5.74, 6) is -0.183. The van der Waals surface area contributed by atoms with Crippen LogP contribution in [0.15, 0.2) is 122 Å². The van der Waals surface area contributed by atoms with Gasteiger partial charge in [-0.1, -0.05) is 264 Å². The van der Waals surface area contributed by atoms with E-state index in [1.165, 1.54) is 96.3 Å². The number of amides is 1. The Labute approximate surface area is 463 Å². The molecule has 0 aliphatic carbocycles. The molecule has 1 amide bonds. The van der Waals surface area contributed by atoms with E-state index < -0.39 is 20.0 Å². The average molecular weight is 1060 g/mol. The third-order valence-electron chi connectivity index (χ3n) is 13.0. The Balaban J connectivity index is 4.18. The highest BCUT2D eigenvalue weighted by Crippen LogP contribution is 2.38. The first-order valence-corrected chi connectivity index (χ1v) is 31.8. The predicted molar refractivity (Wildman–Crippen MR) is 325 cm³/mol. The molecule has 0 aliphatic rings. The lowest BCUT2D eigenvalue weighted by molar-refractivity contribution is -0.870. The van der Waals surface area contributed by atoms with Crippen LogP contribution in [0.1, 0.15) is 239 Å². The van der Waals surface area contributed by atoms with E-state index in [2.05, 4.69) is 141 Å². The third-order valence-corrected chi connectivity index (χ3v) is 13.9. The van der Waals surface area contributed by atoms with Crippen LogP contribution >= 0.6 is 7.82 Å². The number of allylic oxidation sites excluding steroid dienone is 20. The van der Waals surface area contributed by atoms with Gasteiger partial charge >= 0.3 is 0 Å². The maximum atomic E-state index is 13.0. The van der Waals surface area contributed by atoms with Crippen LogP contribution in [0.2, 0.25) is 0 Å². The van der Waals surface area contributed by atoms with E-state index in [0.29, 0.717) is 23.9 Å². The van der Waals surface area contributed by atoms with Crippen molar-refractivity contribution in [2.45, 2.75) is 251 Å². The third kappa shape index (κ3) is 58.4. The van der Waals surface area contributed by atoms with E-state index in [1.807, 2.05) is 21.1 Å². The van der Waals surface area contributed by atoms with Gasteiger partial charge in [-0.05, 0) is 89.9 Å². The maximum Gasteiger partial charge on any atom is 0.268 e. The fourth-order valence-electron chi connectivity index (χ4n) is 8.24. The van der Waals surface area contributed by atoms with Gasteiger partial charge in [-0.2, -0.15) is 0 Å². The molecule has 2 N–H and O–H groups in total. The fraction of sp³-hybridized carbons (Fsp3) is 0.682. The van der Waals surface area contributed by atoms with Gasteiger partial charge < -0.3 is 28.8 Å². The number of aliphatic hydroxyl groups excluding tert-OH is 1. The van der Waals surface area contributed by atoms with Crippen molar-refractivity contribution < 1.29 is 32.9 Å². The number of carbonyl (C=O) groups is 1. The number of hydrogen-bond donors (Lipinski definition) is 2. The quantitative estimate of drug-likeness (QED) is 0.0272. The second kappa shape index (κ2) is 55.6. The Morgan fingerprint density at radius 3 is 1.19 bits per heavy atom. The predicted octanol–water partition coefficient (Wildman–Crippen LogP) is 18.3. The number of unbranched alkanes of at least 4 members (excludes halogenated alkanes) is 21. The molecule has 0 aromatic rings. The number of quaternary nitrogens is 1. The molecule has 0 spiro atoms. The van der Waals surface area contributed by atoms with Crippen molar-refractivity contribution >= 4 is 13.7 Å². The Morgan fingerprint density at radius 2 is 0.813 bits per heavy atom. The number of likely N-dealkylation sites (N-methyl/N-ethyl adjacent to an activating group) is 1. The van der Waals surface area contributed by atoms with Gasteiger partial charge in [0.05, 0.1) is 39.9 Å². The van der Waals surface area contributed by atoms with E-state index in [-0.39, 0.29) is 19.1 Å². The zero-order chi connectivity index (χ0) is 54.9. The topological polar surface area (TPSA) is 108 Å². The van der Waals surface area contributed by atoms with Gasteiger partial charge in [0.25, 0.3) is 7.82 Å². The van der Waals surface area contributed by atoms with Crippen LogP contribution in [0.3, 0.4) is 0 Å². The molecular weight excluding hydrogens is 948 g/mol. The number of rotatable bonds is 54. The van der Waals surface area contributed by atoms with Crippen LogP contribution in [-0.2, 0) is 18.4 Å². The van der Waals surface area contributed by atoms with Gasteiger partial charge in [-0.15, -0.1) is 0 Å². The first-order chi connectivity index (χ1) is 36.5. The minimum Gasteiger partial charge on any atom is -0.756 e. The van der Waals surface area contributed by atoms with Gasteiger partial charge in [-0.3, -0.25) is 9.36 Å². The summed E-state index contributed by atoms with van der Waals surface area (Å²) in [4.78, 5) is 25.5. The number of aliphatic hydroxyl groups is 1. The number of carbonyl (C=O) groups excluding carboxylic acids is 1. The first-order valence-electron chi connectivity index (χ1n) is 30.4. The minimum atomic E-state index is -4.59. The van der Waals surface area contributed by atoms with Gasteiger partial charge in [-0.25, -0.2) is 0 Å². The molecule has 8 nitrogen and oxygen atoms in total. The fourth-order valence-corrected chi connectivity index (χ4v) is 8.97. The van der Waals surface area contributed by atoms with Crippen molar-refractivity contribution in [3.8, 4) is 0 Å². The highest BCUT2D eigenvalue weighted by atomic mass is 31.2. The van der Waals surface area contributed by atoms with E-state index in [0.717, 1.165) is 116 Å². The molecule has 3 atom stereocenters. The van der Waals surface area contributed by atoms with Crippen LogP contribution in [0.4, 0.5) is 0 Å². The van der Waals surface area contributed by atoms with Crippen molar-refractivity contribution in [3.05, 3.63) is 122 Å². The Kier molecular flexibility index (Phi) is 53.3. The van der Waals surface area contributed by atoms with Gasteiger partial charge in [0.2, 0.25) is 5.91 Å². The number of nitrogens with one attached hydrogen (secondary N) is 1. The van der Waals surface area contributed by atoms with Crippen LogP contribution in [-0.4, -0.2) is 68.5 Å². The smallest absolute Gasteiger partial charge is 0.268 e. The van der Waals surface area contributed by atoms with Gasteiger partial charge in [0.15, 0.2) is 0 Å². The van der Waals surface area contributed by atoms with Crippen molar-refractivity contribution in [1.29, 1.82) is 0 Å². The largest absolute Gasteiger partial charge is 0.756 e. The van der Waals surface area contributed by atoms with Crippen LogP contribution in [0, 0.1) is 0 Å². The van der Waals surface area contributed by atoms with Crippen LogP contribution in [0.25, 0.3) is 0 Å². The van der Waals surface area contributed by atoms with Crippen LogP contribution in [0.5, 0.6) is 0 Å². The van der Waals surface area contributed by atoms with Crippen molar-refractivity contribution in [3.63, 3.8) is 0 Å². The second-order valence-electron chi connectivity index (χ2n) is 21.3. The summed E-state index contributed by atoms with van der Waals surface area (Å²) in [7, 11) is 1.28. The number of phosphoric ester groups is 1. The monoisotopic (exact) mass is 1060 g/mol. The van der Waals surface area contributed by atoms with Crippen molar-refractivity contribution in [2.24, 2.45) is 0 Å². The standard InChI is InChI=1S/C66H115N2O6P/c1-6-8-10-12-14-16-18-20-22-24-25-26-27-28-29-30-31-32-33-34-35-36-37-38-39-40-41-42-43-44-46-48-50-52-54-56-58-60-66(70)67-64(63-74-75(71,72)73-62-61-68(3,4)5)65(69)59-57-55-53-51-49-47-45-23-21-19-17-15-13-11-9-7-2/h8,10,14,16,20,22,25-26,28-29,31-32,34-35,37-38,40-41,43-44,64-65,69H,6-7,9,11-13,15,17-19,21,23-24,27,30,33,36,39,42,45-63H2,1-5H3,(H-,67,70,71,72)/b10-8-,16-14-,22-20-,26-25-,29-28-,32-31-,35-34-,38-37-,41-40-,44-43-. The number of phosphoric acid groups is 1. The van der Waals surface area contributed by atoms with Crippen LogP contribution < -0.4 is 10.2 Å². The molecule has 0 saturated heterocycles. The van der Waals surface area contributed by atoms with E-state index in [4.69, 9.17) is 9.05 Å². The van der Waals surface area contributed by atoms with E-state index >= 15 is 0 Å². The van der Waals surface area contributed by atoms with E-state index in [9.17, 15) is 19.4 Å². The number of nitrogens with zero attached hydrogens (tertiary/aromatic N) is 1. The summed E-state index contributed by atoms with van der Waals surface area (Å²) >= 11 is 0. The normalized spacial score (nSPS) is 14.7. The summed E-state index contributed by atoms with van der Waals surface area (Å²) in [5.41, 5.74) is 0. The molecule has 0 fully saturated rings. The lowest BCUT2D eigenvalue weighted by Gasteiger charge is -2.30. The van der Waals surface area contributed by atoms with Crippen molar-refractivity contribution in [1.82, 2.24) is 5.32 Å². The molecule has 3 unspecified atom stereocenters. The minimum absolute atomic E-state index is 0.00314. The van der Waals surface area contributed by atoms with Crippen molar-refractivity contribution in [2.75, 3.05) is 40.9 Å².